The van der Waals surface area contributed by atoms with Crippen molar-refractivity contribution in [3.63, 3.8) is 0 Å². The van der Waals surface area contributed by atoms with E-state index in [1.54, 1.807) is 0 Å². The van der Waals surface area contributed by atoms with Gasteiger partial charge >= 0.3 is 0 Å². The quantitative estimate of drug-likeness (QED) is 0.798. The molecule has 14 heavy (non-hydrogen) atoms. The van der Waals surface area contributed by atoms with Crippen LogP contribution in [0.4, 0.5) is 0 Å². The van der Waals surface area contributed by atoms with Crippen LogP contribution in [0.2, 0.25) is 0 Å². The summed E-state index contributed by atoms with van der Waals surface area (Å²) in [5.41, 5.74) is 5.66. The van der Waals surface area contributed by atoms with Crippen LogP contribution in [0.3, 0.4) is 0 Å². The molecule has 2 atom stereocenters. The monoisotopic (exact) mass is 203 g/mol. The first-order valence-corrected chi connectivity index (χ1v) is 5.88. The van der Waals surface area contributed by atoms with Crippen LogP contribution in [0.5, 0.6) is 0 Å². The SMILES string of the molecule is NC[C@@H]1C[C@H]1c1cc2ccccc2s1. The molecule has 2 aromatic rings. The molecular formula is C12H13NS. The van der Waals surface area contributed by atoms with Gasteiger partial charge in [-0.2, -0.15) is 0 Å². The molecule has 2 heteroatoms. The molecule has 1 aliphatic carbocycles. The normalized spacial score (nSPS) is 25.5. The lowest BCUT2D eigenvalue weighted by Crippen LogP contribution is -2.01. The Bertz CT molecular complexity index is 427. The molecule has 0 unspecified atom stereocenters. The summed E-state index contributed by atoms with van der Waals surface area (Å²) in [5, 5.41) is 1.38. The summed E-state index contributed by atoms with van der Waals surface area (Å²) in [4.78, 5) is 1.53. The Morgan fingerprint density at radius 1 is 1.36 bits per heavy atom. The Hall–Kier alpha value is -0.860. The zero-order valence-electron chi connectivity index (χ0n) is 7.94. The highest BCUT2D eigenvalue weighted by Crippen LogP contribution is 2.49. The Labute approximate surface area is 87.5 Å². The largest absolute Gasteiger partial charge is 0.330 e. The highest BCUT2D eigenvalue weighted by molar-refractivity contribution is 7.19. The van der Waals surface area contributed by atoms with Crippen LogP contribution < -0.4 is 5.73 Å². The highest BCUT2D eigenvalue weighted by Gasteiger charge is 2.37. The topological polar surface area (TPSA) is 26.0 Å². The minimum atomic E-state index is 0.753. The molecule has 0 spiro atoms. The van der Waals surface area contributed by atoms with Gasteiger partial charge in [-0.1, -0.05) is 18.2 Å². The summed E-state index contributed by atoms with van der Waals surface area (Å²) in [6.07, 6.45) is 1.29. The Morgan fingerprint density at radius 3 is 2.93 bits per heavy atom. The van der Waals surface area contributed by atoms with Crippen molar-refractivity contribution >= 4 is 21.4 Å². The van der Waals surface area contributed by atoms with Gasteiger partial charge in [0.05, 0.1) is 0 Å². The predicted molar refractivity (Wildman–Crippen MR) is 61.7 cm³/mol. The molecule has 1 aliphatic rings. The number of hydrogen-bond donors (Lipinski definition) is 1. The van der Waals surface area contributed by atoms with Gasteiger partial charge < -0.3 is 5.73 Å². The van der Waals surface area contributed by atoms with E-state index in [1.807, 2.05) is 11.3 Å². The number of benzene rings is 1. The summed E-state index contributed by atoms with van der Waals surface area (Å²) >= 11 is 1.93. The van der Waals surface area contributed by atoms with Gasteiger partial charge in [0.25, 0.3) is 0 Å². The number of rotatable bonds is 2. The first-order valence-electron chi connectivity index (χ1n) is 5.07. The summed E-state index contributed by atoms with van der Waals surface area (Å²) < 4.78 is 1.41. The van der Waals surface area contributed by atoms with Crippen molar-refractivity contribution in [2.24, 2.45) is 11.7 Å². The molecule has 0 amide bonds. The zero-order valence-corrected chi connectivity index (χ0v) is 8.76. The van der Waals surface area contributed by atoms with Crippen LogP contribution in [0.1, 0.15) is 17.2 Å². The van der Waals surface area contributed by atoms with Crippen LogP contribution >= 0.6 is 11.3 Å². The van der Waals surface area contributed by atoms with Gasteiger partial charge in [0.2, 0.25) is 0 Å². The number of fused-ring (bicyclic) bond motifs is 1. The van der Waals surface area contributed by atoms with Crippen LogP contribution in [0, 0.1) is 5.92 Å². The van der Waals surface area contributed by atoms with Crippen molar-refractivity contribution in [2.75, 3.05) is 6.54 Å². The maximum Gasteiger partial charge on any atom is 0.0345 e. The Kier molecular flexibility index (Phi) is 1.85. The van der Waals surface area contributed by atoms with Crippen LogP contribution in [0.15, 0.2) is 30.3 Å². The molecule has 0 saturated heterocycles. The van der Waals surface area contributed by atoms with Gasteiger partial charge in [-0.05, 0) is 42.3 Å². The third-order valence-electron chi connectivity index (χ3n) is 3.04. The molecule has 72 valence electrons. The first kappa shape index (κ1) is 8.45. The molecular weight excluding hydrogens is 190 g/mol. The van der Waals surface area contributed by atoms with E-state index in [0.717, 1.165) is 18.4 Å². The maximum absolute atomic E-state index is 5.66. The van der Waals surface area contributed by atoms with E-state index < -0.39 is 0 Å². The molecule has 1 nitrogen and oxygen atoms in total. The van der Waals surface area contributed by atoms with Gasteiger partial charge in [0.1, 0.15) is 0 Å². The minimum Gasteiger partial charge on any atom is -0.330 e. The van der Waals surface area contributed by atoms with Gasteiger partial charge in [0, 0.05) is 9.58 Å². The van der Waals surface area contributed by atoms with Gasteiger partial charge in [-0.25, -0.2) is 0 Å². The third-order valence-corrected chi connectivity index (χ3v) is 4.28. The second-order valence-electron chi connectivity index (χ2n) is 4.02. The number of nitrogens with two attached hydrogens (primary N) is 1. The molecule has 3 rings (SSSR count). The van der Waals surface area contributed by atoms with Crippen molar-refractivity contribution in [2.45, 2.75) is 12.3 Å². The molecule has 1 aromatic heterocycles. The summed E-state index contributed by atoms with van der Waals surface area (Å²) in [6.45, 7) is 0.846. The van der Waals surface area contributed by atoms with E-state index in [4.69, 9.17) is 5.73 Å². The fourth-order valence-electron chi connectivity index (χ4n) is 2.04. The lowest BCUT2D eigenvalue weighted by atomic mass is 10.2. The molecule has 2 N–H and O–H groups in total. The lowest BCUT2D eigenvalue weighted by Gasteiger charge is -1.90. The molecule has 1 fully saturated rings. The van der Waals surface area contributed by atoms with Crippen molar-refractivity contribution in [3.8, 4) is 0 Å². The minimum absolute atomic E-state index is 0.753. The van der Waals surface area contributed by atoms with Crippen molar-refractivity contribution < 1.29 is 0 Å². The van der Waals surface area contributed by atoms with E-state index >= 15 is 0 Å². The summed E-state index contributed by atoms with van der Waals surface area (Å²) in [5.74, 6) is 1.51. The number of hydrogen-bond acceptors (Lipinski definition) is 2. The maximum atomic E-state index is 5.66. The van der Waals surface area contributed by atoms with Gasteiger partial charge in [0.15, 0.2) is 0 Å². The number of thiophene rings is 1. The van der Waals surface area contributed by atoms with E-state index in [2.05, 4.69) is 30.3 Å². The predicted octanol–water partition coefficient (Wildman–Crippen LogP) is 2.96. The van der Waals surface area contributed by atoms with Crippen LogP contribution in [-0.4, -0.2) is 6.54 Å². The molecule has 0 aliphatic heterocycles. The molecule has 0 radical (unpaired) electrons. The lowest BCUT2D eigenvalue weighted by molar-refractivity contribution is 0.815. The van der Waals surface area contributed by atoms with Crippen molar-refractivity contribution in [1.82, 2.24) is 0 Å². The molecule has 1 aromatic carbocycles. The van der Waals surface area contributed by atoms with E-state index in [-0.39, 0.29) is 0 Å². The fourth-order valence-corrected chi connectivity index (χ4v) is 3.31. The smallest absolute Gasteiger partial charge is 0.0345 e. The van der Waals surface area contributed by atoms with Crippen molar-refractivity contribution in [1.29, 1.82) is 0 Å². The molecule has 1 saturated carbocycles. The average Bonchev–Trinajstić information content (AvgIpc) is 2.89. The Morgan fingerprint density at radius 2 is 2.21 bits per heavy atom. The standard InChI is InChI=1S/C12H13NS/c13-7-9-5-10(9)12-6-8-3-1-2-4-11(8)14-12/h1-4,6,9-10H,5,7,13H2/t9-,10+/m0/s1. The molecule has 0 bridgehead atoms. The Balaban J connectivity index is 1.99. The second-order valence-corrected chi connectivity index (χ2v) is 5.14. The van der Waals surface area contributed by atoms with Gasteiger partial charge in [-0.15, -0.1) is 11.3 Å². The average molecular weight is 203 g/mol. The first-order chi connectivity index (χ1) is 6.88. The van der Waals surface area contributed by atoms with Crippen molar-refractivity contribution in [3.05, 3.63) is 35.2 Å². The second kappa shape index (κ2) is 3.07. The fraction of sp³-hybridized carbons (Fsp3) is 0.333. The highest BCUT2D eigenvalue weighted by atomic mass is 32.1. The third kappa shape index (κ3) is 1.26. The van der Waals surface area contributed by atoms with Crippen LogP contribution in [0.25, 0.3) is 10.1 Å². The molecule has 1 heterocycles. The zero-order chi connectivity index (χ0) is 9.54. The van der Waals surface area contributed by atoms with Crippen LogP contribution in [-0.2, 0) is 0 Å². The van der Waals surface area contributed by atoms with Gasteiger partial charge in [-0.3, -0.25) is 0 Å². The van der Waals surface area contributed by atoms with E-state index in [9.17, 15) is 0 Å². The summed E-state index contributed by atoms with van der Waals surface area (Å²) in [7, 11) is 0. The van der Waals surface area contributed by atoms with E-state index in [1.165, 1.54) is 21.4 Å². The van der Waals surface area contributed by atoms with E-state index in [0.29, 0.717) is 0 Å². The summed E-state index contributed by atoms with van der Waals surface area (Å²) in [6, 6.07) is 10.9.